The number of hydrogen-bond donors (Lipinski definition) is 2. The second-order valence-electron chi connectivity index (χ2n) is 7.53. The smallest absolute Gasteiger partial charge is 0.273 e. The number of nitrogens with zero attached hydrogens (tertiary/aromatic N) is 3. The fraction of sp³-hybridized carbons (Fsp3) is 0.318. The molecule has 2 heterocycles. The lowest BCUT2D eigenvalue weighted by Gasteiger charge is -2.25. The number of hydrogen-bond acceptors (Lipinski definition) is 6. The molecule has 1 fully saturated rings. The third-order valence-corrected chi connectivity index (χ3v) is 5.68. The molecule has 31 heavy (non-hydrogen) atoms. The number of halogens is 1. The van der Waals surface area contributed by atoms with Gasteiger partial charge in [-0.15, -0.1) is 0 Å². The van der Waals surface area contributed by atoms with Crippen molar-refractivity contribution in [1.82, 2.24) is 14.9 Å². The maximum Gasteiger partial charge on any atom is 0.273 e. The molecule has 2 atom stereocenters. The Morgan fingerprint density at radius 3 is 2.97 bits per heavy atom. The minimum atomic E-state index is -0.738. The van der Waals surface area contributed by atoms with Crippen molar-refractivity contribution >= 4 is 17.3 Å². The van der Waals surface area contributed by atoms with Gasteiger partial charge in [-0.3, -0.25) is 15.0 Å². The quantitative estimate of drug-likeness (QED) is 0.400. The summed E-state index contributed by atoms with van der Waals surface area (Å²) >= 11 is 6.30. The number of aromatic nitrogens is 2. The van der Waals surface area contributed by atoms with Gasteiger partial charge in [-0.2, -0.15) is 0 Å². The molecule has 1 aromatic heterocycles. The maximum atomic E-state index is 10.9. The fourth-order valence-electron chi connectivity index (χ4n) is 3.88. The first-order valence-corrected chi connectivity index (χ1v) is 10.5. The lowest BCUT2D eigenvalue weighted by Crippen LogP contribution is -2.35. The Balaban J connectivity index is 1.37. The topological polar surface area (TPSA) is 105 Å². The van der Waals surface area contributed by atoms with Crippen molar-refractivity contribution in [2.45, 2.75) is 25.0 Å². The van der Waals surface area contributed by atoms with Crippen LogP contribution in [-0.2, 0) is 0 Å². The molecule has 4 rings (SSSR count). The molecule has 1 aliphatic heterocycles. The molecule has 0 aliphatic carbocycles. The van der Waals surface area contributed by atoms with Crippen molar-refractivity contribution in [3.05, 3.63) is 75.7 Å². The van der Waals surface area contributed by atoms with Crippen LogP contribution in [-0.4, -0.2) is 50.7 Å². The minimum absolute atomic E-state index is 0.0428. The van der Waals surface area contributed by atoms with Crippen LogP contribution in [0.1, 0.15) is 24.7 Å². The van der Waals surface area contributed by atoms with E-state index in [0.717, 1.165) is 36.5 Å². The van der Waals surface area contributed by atoms with E-state index in [1.165, 1.54) is 12.1 Å². The summed E-state index contributed by atoms with van der Waals surface area (Å²) in [4.78, 5) is 20.5. The Kier molecular flexibility index (Phi) is 6.50. The van der Waals surface area contributed by atoms with Crippen LogP contribution in [0.15, 0.2) is 54.7 Å². The molecule has 0 saturated carbocycles. The molecule has 9 heteroatoms. The molecule has 0 unspecified atom stereocenters. The van der Waals surface area contributed by atoms with Gasteiger partial charge in [-0.05, 0) is 31.5 Å². The Morgan fingerprint density at radius 2 is 2.16 bits per heavy atom. The van der Waals surface area contributed by atoms with Gasteiger partial charge in [0.2, 0.25) is 0 Å². The Morgan fingerprint density at radius 1 is 1.32 bits per heavy atom. The van der Waals surface area contributed by atoms with Crippen molar-refractivity contribution in [3.63, 3.8) is 0 Å². The maximum absolute atomic E-state index is 10.9. The van der Waals surface area contributed by atoms with Gasteiger partial charge in [-0.1, -0.05) is 35.9 Å². The summed E-state index contributed by atoms with van der Waals surface area (Å²) in [6.45, 7) is 1.32. The van der Waals surface area contributed by atoms with Gasteiger partial charge in [0, 0.05) is 23.2 Å². The molecule has 0 radical (unpaired) electrons. The monoisotopic (exact) mass is 442 g/mol. The fourth-order valence-corrected chi connectivity index (χ4v) is 4.12. The van der Waals surface area contributed by atoms with Crippen LogP contribution in [0.4, 0.5) is 5.69 Å². The molecule has 8 nitrogen and oxygen atoms in total. The highest BCUT2D eigenvalue weighted by atomic mass is 35.5. The summed E-state index contributed by atoms with van der Waals surface area (Å²) in [7, 11) is 0. The third-order valence-electron chi connectivity index (χ3n) is 5.35. The lowest BCUT2D eigenvalue weighted by atomic mass is 10.2. The number of aliphatic hydroxyl groups is 1. The average molecular weight is 443 g/mol. The number of β-amino-alcohol motifs (C(OH)–C–C–N with tert-alkyl or cyclic N) is 1. The number of ether oxygens (including phenoxy) is 1. The minimum Gasteiger partial charge on any atom is -0.491 e. The van der Waals surface area contributed by atoms with E-state index in [2.05, 4.69) is 14.9 Å². The van der Waals surface area contributed by atoms with E-state index in [1.807, 2.05) is 24.3 Å². The van der Waals surface area contributed by atoms with Gasteiger partial charge in [0.15, 0.2) is 0 Å². The van der Waals surface area contributed by atoms with Crippen molar-refractivity contribution < 1.29 is 14.8 Å². The van der Waals surface area contributed by atoms with Crippen LogP contribution in [0.2, 0.25) is 5.02 Å². The highest BCUT2D eigenvalue weighted by molar-refractivity contribution is 6.33. The van der Waals surface area contributed by atoms with Crippen LogP contribution < -0.4 is 4.74 Å². The van der Waals surface area contributed by atoms with Crippen molar-refractivity contribution in [3.8, 4) is 17.0 Å². The number of aliphatic hydroxyl groups excluding tert-OH is 1. The molecular weight excluding hydrogens is 420 g/mol. The summed E-state index contributed by atoms with van der Waals surface area (Å²) < 4.78 is 5.57. The van der Waals surface area contributed by atoms with Crippen molar-refractivity contribution in [1.29, 1.82) is 0 Å². The normalized spacial score (nSPS) is 17.5. The van der Waals surface area contributed by atoms with Crippen LogP contribution in [0.3, 0.4) is 0 Å². The predicted molar refractivity (Wildman–Crippen MR) is 117 cm³/mol. The predicted octanol–water partition coefficient (Wildman–Crippen LogP) is 4.22. The lowest BCUT2D eigenvalue weighted by molar-refractivity contribution is -0.384. The number of nitro benzene ring substituents is 1. The molecule has 2 aromatic carbocycles. The zero-order valence-electron chi connectivity index (χ0n) is 16.8. The third kappa shape index (κ3) is 5.04. The summed E-state index contributed by atoms with van der Waals surface area (Å²) in [6, 6.07) is 13.6. The average Bonchev–Trinajstić information content (AvgIpc) is 3.42. The van der Waals surface area contributed by atoms with Crippen molar-refractivity contribution in [2.24, 2.45) is 0 Å². The highest BCUT2D eigenvalue weighted by Crippen LogP contribution is 2.33. The van der Waals surface area contributed by atoms with Crippen LogP contribution >= 0.6 is 11.6 Å². The molecule has 2 N–H and O–H groups in total. The van der Waals surface area contributed by atoms with Crippen LogP contribution in [0, 0.1) is 10.1 Å². The number of rotatable bonds is 8. The van der Waals surface area contributed by atoms with Crippen LogP contribution in [0.25, 0.3) is 11.3 Å². The molecule has 3 aromatic rings. The van der Waals surface area contributed by atoms with Gasteiger partial charge < -0.3 is 14.8 Å². The second kappa shape index (κ2) is 9.47. The van der Waals surface area contributed by atoms with E-state index in [9.17, 15) is 15.2 Å². The van der Waals surface area contributed by atoms with Gasteiger partial charge in [-0.25, -0.2) is 4.98 Å². The van der Waals surface area contributed by atoms with Gasteiger partial charge >= 0.3 is 0 Å². The Labute approximate surface area is 184 Å². The molecule has 1 aliphatic rings. The van der Waals surface area contributed by atoms with Gasteiger partial charge in [0.05, 0.1) is 28.9 Å². The largest absolute Gasteiger partial charge is 0.491 e. The zero-order chi connectivity index (χ0) is 21.8. The van der Waals surface area contributed by atoms with Gasteiger partial charge in [0.1, 0.15) is 24.3 Å². The van der Waals surface area contributed by atoms with Crippen LogP contribution in [0.5, 0.6) is 5.75 Å². The first kappa shape index (κ1) is 21.3. The molecule has 162 valence electrons. The Bertz CT molecular complexity index is 1060. The Hall–Kier alpha value is -2.94. The van der Waals surface area contributed by atoms with Crippen molar-refractivity contribution in [2.75, 3.05) is 19.7 Å². The highest BCUT2D eigenvalue weighted by Gasteiger charge is 2.30. The van der Waals surface area contributed by atoms with E-state index in [-0.39, 0.29) is 18.3 Å². The molecular formula is C22H23ClN4O4. The number of H-pyrrole nitrogens is 1. The molecule has 0 amide bonds. The zero-order valence-corrected chi connectivity index (χ0v) is 17.5. The summed E-state index contributed by atoms with van der Waals surface area (Å²) in [6.07, 6.45) is 2.99. The number of benzene rings is 2. The molecule has 0 spiro atoms. The number of nitro groups is 1. The van der Waals surface area contributed by atoms with E-state index < -0.39 is 11.0 Å². The number of non-ortho nitro benzene ring substituents is 1. The molecule has 0 bridgehead atoms. The number of imidazole rings is 1. The molecule has 1 saturated heterocycles. The van der Waals surface area contributed by atoms with E-state index in [4.69, 9.17) is 16.3 Å². The number of likely N-dealkylation sites (tertiary alicyclic amines) is 1. The standard InChI is InChI=1S/C22H23ClN4O4/c23-19-8-2-1-7-18(19)20-12-24-22(25-20)21-9-4-10-26(21)13-16(28)14-31-17-6-3-5-15(11-17)27(29)30/h1-3,5-8,11-12,16,21,28H,4,9-10,13-14H2,(H,24,25)/t16-,21+/m0/s1. The van der Waals surface area contributed by atoms with Gasteiger partial charge in [0.25, 0.3) is 5.69 Å². The van der Waals surface area contributed by atoms with E-state index in [1.54, 1.807) is 18.3 Å². The number of aromatic amines is 1. The number of nitrogens with one attached hydrogen (secondary N) is 1. The summed E-state index contributed by atoms with van der Waals surface area (Å²) in [5.41, 5.74) is 1.72. The summed E-state index contributed by atoms with van der Waals surface area (Å²) in [5.74, 6) is 1.21. The first-order valence-electron chi connectivity index (χ1n) is 10.1. The van der Waals surface area contributed by atoms with E-state index in [0.29, 0.717) is 17.3 Å². The second-order valence-corrected chi connectivity index (χ2v) is 7.94. The van der Waals surface area contributed by atoms with E-state index >= 15 is 0 Å². The first-order chi connectivity index (χ1) is 15.0. The summed E-state index contributed by atoms with van der Waals surface area (Å²) in [5, 5.41) is 22.0. The SMILES string of the molecule is O=[N+]([O-])c1cccc(OC[C@@H](O)CN2CCC[C@@H]2c2ncc(-c3ccccc3Cl)[nH]2)c1.